The zero-order chi connectivity index (χ0) is 31.8. The first-order valence-corrected chi connectivity index (χ1v) is 13.5. The van der Waals surface area contributed by atoms with Crippen LogP contribution in [-0.2, 0) is 38.1 Å². The number of esters is 2. The van der Waals surface area contributed by atoms with Gasteiger partial charge in [0.2, 0.25) is 11.1 Å². The number of rotatable bonds is 4. The van der Waals surface area contributed by atoms with E-state index in [4.69, 9.17) is 21.1 Å². The van der Waals surface area contributed by atoms with E-state index in [1.807, 2.05) is 20.8 Å². The molecule has 0 bridgehead atoms. The predicted molar refractivity (Wildman–Crippen MR) is 149 cm³/mol. The Morgan fingerprint density at radius 1 is 0.634 bits per heavy atom. The van der Waals surface area contributed by atoms with Gasteiger partial charge in [0.25, 0.3) is 0 Å². The van der Waals surface area contributed by atoms with Crippen LogP contribution in [0.4, 0.5) is 9.59 Å². The maximum Gasteiger partial charge on any atom is 0.410 e. The molecule has 15 heteroatoms. The van der Waals surface area contributed by atoms with Gasteiger partial charge in [-0.2, -0.15) is 0 Å². The molecule has 0 aromatic heterocycles. The maximum absolute atomic E-state index is 11.8. The highest BCUT2D eigenvalue weighted by Gasteiger charge is 2.28. The van der Waals surface area contributed by atoms with Gasteiger partial charge < -0.3 is 39.0 Å². The van der Waals surface area contributed by atoms with Crippen LogP contribution in [0.25, 0.3) is 0 Å². The Morgan fingerprint density at radius 3 is 1.34 bits per heavy atom. The fourth-order valence-electron chi connectivity index (χ4n) is 3.13. The van der Waals surface area contributed by atoms with Crippen LogP contribution in [0.15, 0.2) is 0 Å². The average molecular weight is 609 g/mol. The Hall–Kier alpha value is -3.13. The summed E-state index contributed by atoms with van der Waals surface area (Å²) in [5.41, 5.74) is -0.920. The minimum atomic E-state index is -0.697. The van der Waals surface area contributed by atoms with Crippen molar-refractivity contribution in [1.82, 2.24) is 20.0 Å². The molecular weight excluding hydrogens is 564 g/mol. The first-order valence-electron chi connectivity index (χ1n) is 13.1. The van der Waals surface area contributed by atoms with Gasteiger partial charge in [0.05, 0.1) is 14.2 Å². The highest BCUT2D eigenvalue weighted by atomic mass is 35.5. The normalized spacial score (nSPS) is 15.2. The van der Waals surface area contributed by atoms with Crippen molar-refractivity contribution in [3.63, 3.8) is 0 Å². The molecule has 3 amide bonds. The molecule has 2 saturated heterocycles. The molecule has 0 aliphatic carbocycles. The van der Waals surface area contributed by atoms with Crippen LogP contribution >= 0.6 is 11.6 Å². The minimum Gasteiger partial charge on any atom is -0.469 e. The van der Waals surface area contributed by atoms with E-state index in [2.05, 4.69) is 14.8 Å². The lowest BCUT2D eigenvalue weighted by molar-refractivity contribution is -0.147. The van der Waals surface area contributed by atoms with Crippen LogP contribution in [0.2, 0.25) is 0 Å². The van der Waals surface area contributed by atoms with Gasteiger partial charge in [-0.05, 0) is 53.1 Å². The molecule has 0 aromatic rings. The van der Waals surface area contributed by atoms with Gasteiger partial charge in [-0.25, -0.2) is 9.59 Å². The summed E-state index contributed by atoms with van der Waals surface area (Å²) in [6, 6.07) is 0. The number of amides is 3. The summed E-state index contributed by atoms with van der Waals surface area (Å²) in [7, 11) is 2.44. The van der Waals surface area contributed by atoms with Crippen molar-refractivity contribution in [1.29, 1.82) is 0 Å². The summed E-state index contributed by atoms with van der Waals surface area (Å²) in [6.45, 7) is 15.9. The molecule has 2 rings (SSSR count). The molecular formula is C26H45ClN4O10. The van der Waals surface area contributed by atoms with E-state index >= 15 is 0 Å². The molecule has 0 unspecified atom stereocenters. The lowest BCUT2D eigenvalue weighted by Crippen LogP contribution is -2.51. The van der Waals surface area contributed by atoms with Crippen molar-refractivity contribution < 1.29 is 47.7 Å². The van der Waals surface area contributed by atoms with Gasteiger partial charge in [-0.3, -0.25) is 19.2 Å². The summed E-state index contributed by atoms with van der Waals surface area (Å²) in [4.78, 5) is 71.0. The topological polar surface area (TPSA) is 161 Å². The predicted octanol–water partition coefficient (Wildman–Crippen LogP) is 1.77. The van der Waals surface area contributed by atoms with E-state index in [0.29, 0.717) is 26.2 Å². The first kappa shape index (κ1) is 37.9. The molecule has 0 spiro atoms. The Morgan fingerprint density at radius 2 is 1.00 bits per heavy atom. The second-order valence-corrected chi connectivity index (χ2v) is 11.3. The number of ether oxygens (including phenoxy) is 4. The average Bonchev–Trinajstić information content (AvgIpc) is 2.87. The molecule has 2 aliphatic heterocycles. The largest absolute Gasteiger partial charge is 0.469 e. The second-order valence-electron chi connectivity index (χ2n) is 10.9. The standard InChI is InChI=1S/C13H22N2O5.C9H18N2O2.C4H5ClO3/c1-13(2,3)20-12(18)15-7-5-14(6-8-15)10(16)9-11(17)19-4;1-9(2,3)13-8(12)11-6-4-10-5-7-11;1-8-4(7)2-3(5)6/h5-9H2,1-4H3;10H,4-7H2,1-3H3;2H2,1H3. The third-order valence-corrected chi connectivity index (χ3v) is 5.22. The van der Waals surface area contributed by atoms with Crippen LogP contribution < -0.4 is 5.32 Å². The van der Waals surface area contributed by atoms with Crippen molar-refractivity contribution in [2.24, 2.45) is 0 Å². The Bertz CT molecular complexity index is 888. The third kappa shape index (κ3) is 18.8. The zero-order valence-electron chi connectivity index (χ0n) is 25.4. The summed E-state index contributed by atoms with van der Waals surface area (Å²) in [5, 5.41) is 2.49. The number of methoxy groups -OCH3 is 2. The molecule has 1 N–H and O–H groups in total. The van der Waals surface area contributed by atoms with Gasteiger partial charge in [0, 0.05) is 52.4 Å². The summed E-state index contributed by atoms with van der Waals surface area (Å²) in [6.07, 6.45) is -1.19. The van der Waals surface area contributed by atoms with E-state index in [-0.39, 0.29) is 36.5 Å². The Kier molecular flexibility index (Phi) is 16.9. The molecule has 236 valence electrons. The van der Waals surface area contributed by atoms with Crippen molar-refractivity contribution in [3.8, 4) is 0 Å². The van der Waals surface area contributed by atoms with Crippen LogP contribution in [0.1, 0.15) is 54.4 Å². The third-order valence-electron chi connectivity index (χ3n) is 5.09. The summed E-state index contributed by atoms with van der Waals surface area (Å²) >= 11 is 4.81. The van der Waals surface area contributed by atoms with E-state index in [9.17, 15) is 28.8 Å². The van der Waals surface area contributed by atoms with Gasteiger partial charge in [0.15, 0.2) is 0 Å². The second kappa shape index (κ2) is 18.3. The zero-order valence-corrected chi connectivity index (χ0v) is 26.1. The molecule has 14 nitrogen and oxygen atoms in total. The highest BCUT2D eigenvalue weighted by molar-refractivity contribution is 6.64. The number of carbonyl (C=O) groups excluding carboxylic acids is 6. The number of hydrogen-bond acceptors (Lipinski definition) is 11. The molecule has 0 aromatic carbocycles. The molecule has 41 heavy (non-hydrogen) atoms. The van der Waals surface area contributed by atoms with Crippen molar-refractivity contribution in [2.75, 3.05) is 66.6 Å². The van der Waals surface area contributed by atoms with Gasteiger partial charge in [-0.15, -0.1) is 0 Å². The smallest absolute Gasteiger partial charge is 0.410 e. The summed E-state index contributed by atoms with van der Waals surface area (Å²) in [5.74, 6) is -1.43. The Labute approximate surface area is 246 Å². The van der Waals surface area contributed by atoms with E-state index in [0.717, 1.165) is 26.2 Å². The quantitative estimate of drug-likeness (QED) is 0.214. The van der Waals surface area contributed by atoms with Gasteiger partial charge in [0.1, 0.15) is 24.0 Å². The lowest BCUT2D eigenvalue weighted by Gasteiger charge is -2.35. The van der Waals surface area contributed by atoms with Crippen molar-refractivity contribution >= 4 is 46.9 Å². The SMILES string of the molecule is CC(C)(C)OC(=O)N1CCNCC1.COC(=O)CC(=O)Cl.COC(=O)CC(=O)N1CCN(C(=O)OC(C)(C)C)CC1. The van der Waals surface area contributed by atoms with E-state index in [1.165, 1.54) is 14.2 Å². The Balaban J connectivity index is 0.000000652. The maximum atomic E-state index is 11.8. The fraction of sp³-hybridized carbons (Fsp3) is 0.769. The molecule has 0 atom stereocenters. The number of nitrogens with zero attached hydrogens (tertiary/aromatic N) is 3. The van der Waals surface area contributed by atoms with Crippen LogP contribution in [0.5, 0.6) is 0 Å². The number of nitrogens with one attached hydrogen (secondary N) is 1. The van der Waals surface area contributed by atoms with Crippen LogP contribution in [0.3, 0.4) is 0 Å². The minimum absolute atomic E-state index is 0.200. The van der Waals surface area contributed by atoms with Gasteiger partial charge >= 0.3 is 24.1 Å². The number of hydrogen-bond donors (Lipinski definition) is 1. The van der Waals surface area contributed by atoms with Crippen LogP contribution in [-0.4, -0.2) is 128 Å². The molecule has 2 aliphatic rings. The highest BCUT2D eigenvalue weighted by Crippen LogP contribution is 2.12. The molecule has 2 heterocycles. The molecule has 0 saturated carbocycles. The molecule has 2 fully saturated rings. The first-order chi connectivity index (χ1) is 18.9. The monoisotopic (exact) mass is 608 g/mol. The molecule has 0 radical (unpaired) electrons. The number of halogens is 1. The van der Waals surface area contributed by atoms with E-state index in [1.54, 1.807) is 35.5 Å². The van der Waals surface area contributed by atoms with Crippen LogP contribution in [0, 0.1) is 0 Å². The number of carbonyl (C=O) groups is 6. The number of piperazine rings is 2. The van der Waals surface area contributed by atoms with Crippen molar-refractivity contribution in [3.05, 3.63) is 0 Å². The van der Waals surface area contributed by atoms with Gasteiger partial charge in [-0.1, -0.05) is 0 Å². The van der Waals surface area contributed by atoms with E-state index < -0.39 is 22.8 Å². The summed E-state index contributed by atoms with van der Waals surface area (Å²) < 4.78 is 19.1. The van der Waals surface area contributed by atoms with Crippen molar-refractivity contribution in [2.45, 2.75) is 65.6 Å². The lowest BCUT2D eigenvalue weighted by atomic mass is 10.2. The fourth-order valence-corrected chi connectivity index (χ4v) is 3.24.